The van der Waals surface area contributed by atoms with Crippen LogP contribution in [0.1, 0.15) is 29.6 Å². The highest BCUT2D eigenvalue weighted by Crippen LogP contribution is 2.25. The van der Waals surface area contributed by atoms with E-state index in [0.717, 1.165) is 9.99 Å². The smallest absolute Gasteiger partial charge is 0.253 e. The summed E-state index contributed by atoms with van der Waals surface area (Å²) in [4.78, 5) is 16.6. The number of aliphatic hydroxyl groups excluding tert-OH is 2. The van der Waals surface area contributed by atoms with E-state index in [1.54, 1.807) is 12.1 Å². The third-order valence-corrected chi connectivity index (χ3v) is 5.08. The Balaban J connectivity index is 1.79. The highest BCUT2D eigenvalue weighted by atomic mass is 127. The van der Waals surface area contributed by atoms with Gasteiger partial charge in [0, 0.05) is 9.77 Å². The molecule has 138 valence electrons. The van der Waals surface area contributed by atoms with Gasteiger partial charge in [0.15, 0.2) is 0 Å². The summed E-state index contributed by atoms with van der Waals surface area (Å²) in [6.45, 7) is 0. The van der Waals surface area contributed by atoms with Gasteiger partial charge in [-0.15, -0.1) is 0 Å². The zero-order valence-corrected chi connectivity index (χ0v) is 16.0. The number of anilines is 2. The maximum Gasteiger partial charge on any atom is 0.253 e. The van der Waals surface area contributed by atoms with Crippen molar-refractivity contribution in [2.24, 2.45) is 0 Å². The van der Waals surface area contributed by atoms with Crippen molar-refractivity contribution in [3.05, 3.63) is 51.6 Å². The lowest BCUT2D eigenvalue weighted by Gasteiger charge is -2.32. The van der Waals surface area contributed by atoms with Crippen LogP contribution in [0.4, 0.5) is 15.8 Å². The van der Waals surface area contributed by atoms with Crippen molar-refractivity contribution in [1.82, 2.24) is 10.3 Å². The zero-order chi connectivity index (χ0) is 18.7. The molecular weight excluding hydrogens is 452 g/mol. The van der Waals surface area contributed by atoms with E-state index in [2.05, 4.69) is 15.6 Å². The van der Waals surface area contributed by atoms with Crippen molar-refractivity contribution in [1.29, 1.82) is 0 Å². The Bertz CT molecular complexity index is 805. The van der Waals surface area contributed by atoms with Gasteiger partial charge in [0.25, 0.3) is 5.91 Å². The number of nitrogens with one attached hydrogen (secondary N) is 2. The number of amides is 1. The minimum Gasteiger partial charge on any atom is -0.390 e. The standard InChI is InChI=1S/C18H19FIN3O3/c19-12-8-10(20)4-5-13(12)22-15-9-21-7-6-11(15)18(26)23-14-2-1-3-16(24)17(14)25/h4-9,14,16-17,22,24-25H,1-3H2,(H,23,26)/t14-,16?,17?/m0/s1. The molecule has 8 heteroatoms. The number of aliphatic hydroxyl groups is 2. The van der Waals surface area contributed by atoms with Gasteiger partial charge in [0.2, 0.25) is 0 Å². The molecule has 2 unspecified atom stereocenters. The molecule has 1 aliphatic rings. The van der Waals surface area contributed by atoms with Crippen LogP contribution in [0.15, 0.2) is 36.7 Å². The molecule has 0 radical (unpaired) electrons. The summed E-state index contributed by atoms with van der Waals surface area (Å²) in [6, 6.07) is 5.73. The number of rotatable bonds is 4. The van der Waals surface area contributed by atoms with Crippen molar-refractivity contribution >= 4 is 39.9 Å². The second kappa shape index (κ2) is 8.28. The number of carbonyl (C=O) groups excluding carboxylic acids is 1. The summed E-state index contributed by atoms with van der Waals surface area (Å²) < 4.78 is 14.9. The fourth-order valence-corrected chi connectivity index (χ4v) is 3.44. The van der Waals surface area contributed by atoms with E-state index in [-0.39, 0.29) is 11.3 Å². The molecule has 3 rings (SSSR count). The molecule has 1 aromatic heterocycles. The average Bonchev–Trinajstić information content (AvgIpc) is 2.62. The average molecular weight is 471 g/mol. The fourth-order valence-electron chi connectivity index (χ4n) is 2.99. The summed E-state index contributed by atoms with van der Waals surface area (Å²) >= 11 is 2.02. The van der Waals surface area contributed by atoms with Crippen LogP contribution in [0.25, 0.3) is 0 Å². The largest absolute Gasteiger partial charge is 0.390 e. The molecule has 0 spiro atoms. The molecule has 0 saturated heterocycles. The Labute approximate surface area is 164 Å². The fraction of sp³-hybridized carbons (Fsp3) is 0.333. The lowest BCUT2D eigenvalue weighted by molar-refractivity contribution is -0.0277. The maximum absolute atomic E-state index is 14.1. The molecule has 0 aliphatic heterocycles. The van der Waals surface area contributed by atoms with Crippen LogP contribution in [0, 0.1) is 9.39 Å². The molecule has 1 amide bonds. The number of hydrogen-bond donors (Lipinski definition) is 4. The number of carbonyl (C=O) groups is 1. The van der Waals surface area contributed by atoms with Crippen LogP contribution in [0.3, 0.4) is 0 Å². The van der Waals surface area contributed by atoms with Gasteiger partial charge in [-0.25, -0.2) is 4.39 Å². The Hall–Kier alpha value is -1.78. The van der Waals surface area contributed by atoms with E-state index in [1.165, 1.54) is 24.5 Å². The van der Waals surface area contributed by atoms with Gasteiger partial charge in [-0.1, -0.05) is 0 Å². The second-order valence-electron chi connectivity index (χ2n) is 6.24. The van der Waals surface area contributed by atoms with E-state index in [4.69, 9.17) is 0 Å². The monoisotopic (exact) mass is 471 g/mol. The predicted octanol–water partition coefficient (Wildman–Crippen LogP) is 2.57. The van der Waals surface area contributed by atoms with Crippen molar-refractivity contribution < 1.29 is 19.4 Å². The lowest BCUT2D eigenvalue weighted by atomic mass is 9.90. The highest BCUT2D eigenvalue weighted by Gasteiger charge is 2.32. The minimum atomic E-state index is -1.00. The summed E-state index contributed by atoms with van der Waals surface area (Å²) in [5.41, 5.74) is 0.877. The Morgan fingerprint density at radius 2 is 2.04 bits per heavy atom. The van der Waals surface area contributed by atoms with Gasteiger partial charge >= 0.3 is 0 Å². The summed E-state index contributed by atoms with van der Waals surface area (Å²) in [5, 5.41) is 25.5. The first-order chi connectivity index (χ1) is 12.5. The molecule has 3 atom stereocenters. The van der Waals surface area contributed by atoms with Gasteiger partial charge in [0.05, 0.1) is 41.4 Å². The van der Waals surface area contributed by atoms with E-state index >= 15 is 0 Å². The minimum absolute atomic E-state index is 0.237. The Morgan fingerprint density at radius 3 is 2.81 bits per heavy atom. The molecule has 6 nitrogen and oxygen atoms in total. The second-order valence-corrected chi connectivity index (χ2v) is 7.48. The highest BCUT2D eigenvalue weighted by molar-refractivity contribution is 14.1. The third-order valence-electron chi connectivity index (χ3n) is 4.40. The number of nitrogens with zero attached hydrogens (tertiary/aromatic N) is 1. The third kappa shape index (κ3) is 4.30. The van der Waals surface area contributed by atoms with Crippen LogP contribution in [0.2, 0.25) is 0 Å². The predicted molar refractivity (Wildman–Crippen MR) is 104 cm³/mol. The Morgan fingerprint density at radius 1 is 1.23 bits per heavy atom. The molecule has 2 aromatic rings. The van der Waals surface area contributed by atoms with Crippen LogP contribution < -0.4 is 10.6 Å². The molecule has 1 aliphatic carbocycles. The summed E-state index contributed by atoms with van der Waals surface area (Å²) in [7, 11) is 0. The molecular formula is C18H19FIN3O3. The van der Waals surface area contributed by atoms with Crippen LogP contribution in [-0.2, 0) is 0 Å². The quantitative estimate of drug-likeness (QED) is 0.515. The van der Waals surface area contributed by atoms with Crippen molar-refractivity contribution in [2.75, 3.05) is 5.32 Å². The molecule has 1 heterocycles. The SMILES string of the molecule is O=C(N[C@H]1CCCC(O)C1O)c1ccncc1Nc1ccc(I)cc1F. The van der Waals surface area contributed by atoms with E-state index < -0.39 is 30.0 Å². The number of pyridine rings is 1. The van der Waals surface area contributed by atoms with E-state index in [1.807, 2.05) is 22.6 Å². The first-order valence-corrected chi connectivity index (χ1v) is 9.36. The van der Waals surface area contributed by atoms with Gasteiger partial charge < -0.3 is 20.8 Å². The molecule has 1 saturated carbocycles. The van der Waals surface area contributed by atoms with E-state index in [0.29, 0.717) is 18.5 Å². The number of benzene rings is 1. The molecule has 4 N–H and O–H groups in total. The maximum atomic E-state index is 14.1. The van der Waals surface area contributed by atoms with Crippen LogP contribution >= 0.6 is 22.6 Å². The molecule has 26 heavy (non-hydrogen) atoms. The molecule has 1 aromatic carbocycles. The molecule has 0 bridgehead atoms. The number of halogens is 2. The number of hydrogen-bond acceptors (Lipinski definition) is 5. The van der Waals surface area contributed by atoms with Crippen molar-refractivity contribution in [2.45, 2.75) is 37.5 Å². The van der Waals surface area contributed by atoms with Crippen LogP contribution in [-0.4, -0.2) is 39.4 Å². The van der Waals surface area contributed by atoms with Gasteiger partial charge in [-0.2, -0.15) is 0 Å². The summed E-state index contributed by atoms with van der Waals surface area (Å²) in [5.74, 6) is -0.850. The zero-order valence-electron chi connectivity index (χ0n) is 13.8. The van der Waals surface area contributed by atoms with Crippen molar-refractivity contribution in [3.8, 4) is 0 Å². The molecule has 1 fully saturated rings. The first-order valence-electron chi connectivity index (χ1n) is 8.29. The van der Waals surface area contributed by atoms with Crippen LogP contribution in [0.5, 0.6) is 0 Å². The van der Waals surface area contributed by atoms with Gasteiger partial charge in [0.1, 0.15) is 5.82 Å². The summed E-state index contributed by atoms with van der Waals surface area (Å²) in [6.07, 6.45) is 2.89. The topological polar surface area (TPSA) is 94.5 Å². The van der Waals surface area contributed by atoms with Gasteiger partial charge in [-0.05, 0) is 66.1 Å². The normalized spacial score (nSPS) is 22.7. The van der Waals surface area contributed by atoms with E-state index in [9.17, 15) is 19.4 Å². The first kappa shape index (κ1) is 19.0. The lowest BCUT2D eigenvalue weighted by Crippen LogP contribution is -2.51. The Kier molecular flexibility index (Phi) is 6.05. The van der Waals surface area contributed by atoms with Gasteiger partial charge in [-0.3, -0.25) is 9.78 Å². The number of aromatic nitrogens is 1. The van der Waals surface area contributed by atoms with Crippen molar-refractivity contribution in [3.63, 3.8) is 0 Å².